The number of hydrogen-bond acceptors (Lipinski definition) is 3. The minimum Gasteiger partial charge on any atom is -0.326 e. The fourth-order valence-corrected chi connectivity index (χ4v) is 3.53. The summed E-state index contributed by atoms with van der Waals surface area (Å²) in [6, 6.07) is 13.7. The molecule has 0 bridgehead atoms. The Morgan fingerprint density at radius 3 is 2.62 bits per heavy atom. The van der Waals surface area contributed by atoms with Gasteiger partial charge in [-0.2, -0.15) is 0 Å². The highest BCUT2D eigenvalue weighted by Gasteiger charge is 2.29. The topological polar surface area (TPSA) is 58.2 Å². The molecule has 3 rings (SSSR count). The zero-order valence-electron chi connectivity index (χ0n) is 15.2. The third kappa shape index (κ3) is 4.88. The molecule has 0 unspecified atom stereocenters. The van der Waals surface area contributed by atoms with E-state index < -0.39 is 0 Å². The van der Waals surface area contributed by atoms with Crippen LogP contribution in [0.3, 0.4) is 0 Å². The molecule has 5 heteroatoms. The Morgan fingerprint density at radius 1 is 1.12 bits per heavy atom. The van der Waals surface area contributed by atoms with Gasteiger partial charge in [0.1, 0.15) is 0 Å². The maximum Gasteiger partial charge on any atom is 0.234 e. The van der Waals surface area contributed by atoms with Crippen molar-refractivity contribution in [2.24, 2.45) is 5.92 Å². The van der Waals surface area contributed by atoms with E-state index in [0.29, 0.717) is 5.75 Å². The van der Waals surface area contributed by atoms with E-state index in [2.05, 4.69) is 17.6 Å². The van der Waals surface area contributed by atoms with E-state index >= 15 is 0 Å². The van der Waals surface area contributed by atoms with Gasteiger partial charge >= 0.3 is 0 Å². The first-order chi connectivity index (χ1) is 12.6. The fourth-order valence-electron chi connectivity index (χ4n) is 2.78. The standard InChI is InChI=1S/C21H24N2O2S/c1-3-15-7-4-6-14(2)20(15)23-19(24)13-26-18-9-5-8-17(12-18)22-21(25)16-10-11-16/h4-9,12,16H,3,10-11,13H2,1-2H3,(H,22,25)(H,23,24). The second-order valence-corrected chi connectivity index (χ2v) is 7.64. The molecule has 4 nitrogen and oxygen atoms in total. The normalized spacial score (nSPS) is 13.3. The third-order valence-electron chi connectivity index (χ3n) is 4.42. The van der Waals surface area contributed by atoms with Crippen LogP contribution in [0.15, 0.2) is 47.4 Å². The van der Waals surface area contributed by atoms with Crippen LogP contribution < -0.4 is 10.6 Å². The summed E-state index contributed by atoms with van der Waals surface area (Å²) in [5.74, 6) is 0.583. The van der Waals surface area contributed by atoms with Gasteiger partial charge in [0, 0.05) is 22.2 Å². The number of hydrogen-bond donors (Lipinski definition) is 2. The Labute approximate surface area is 158 Å². The molecule has 0 atom stereocenters. The minimum absolute atomic E-state index is 0.0218. The molecule has 1 fully saturated rings. The van der Waals surface area contributed by atoms with E-state index in [1.165, 1.54) is 11.8 Å². The number of rotatable bonds is 7. The number of anilines is 2. The molecule has 1 saturated carbocycles. The molecule has 26 heavy (non-hydrogen) atoms. The Bertz CT molecular complexity index is 815. The maximum atomic E-state index is 12.4. The van der Waals surface area contributed by atoms with Crippen LogP contribution in [0.5, 0.6) is 0 Å². The molecule has 0 spiro atoms. The summed E-state index contributed by atoms with van der Waals surface area (Å²) in [6.45, 7) is 4.09. The van der Waals surface area contributed by atoms with E-state index in [4.69, 9.17) is 0 Å². The van der Waals surface area contributed by atoms with Crippen LogP contribution in [0.2, 0.25) is 0 Å². The van der Waals surface area contributed by atoms with E-state index in [1.54, 1.807) is 0 Å². The minimum atomic E-state index is -0.0218. The lowest BCUT2D eigenvalue weighted by Gasteiger charge is -2.13. The number of carbonyl (C=O) groups is 2. The van der Waals surface area contributed by atoms with Crippen molar-refractivity contribution in [3.8, 4) is 0 Å². The maximum absolute atomic E-state index is 12.4. The SMILES string of the molecule is CCc1cccc(C)c1NC(=O)CSc1cccc(NC(=O)C2CC2)c1. The molecule has 1 aliphatic rings. The molecule has 2 amide bonds. The smallest absolute Gasteiger partial charge is 0.234 e. The van der Waals surface area contributed by atoms with Gasteiger partial charge in [0.25, 0.3) is 0 Å². The average molecular weight is 369 g/mol. The quantitative estimate of drug-likeness (QED) is 0.700. The Balaban J connectivity index is 1.57. The Morgan fingerprint density at radius 2 is 1.88 bits per heavy atom. The average Bonchev–Trinajstić information content (AvgIpc) is 3.47. The van der Waals surface area contributed by atoms with E-state index in [0.717, 1.165) is 46.7 Å². The van der Waals surface area contributed by atoms with Crippen molar-refractivity contribution in [1.82, 2.24) is 0 Å². The van der Waals surface area contributed by atoms with Gasteiger partial charge < -0.3 is 10.6 Å². The number of aryl methyl sites for hydroxylation is 2. The molecule has 2 aromatic rings. The first-order valence-corrected chi connectivity index (χ1v) is 9.97. The van der Waals surface area contributed by atoms with Crippen molar-refractivity contribution >= 4 is 35.0 Å². The molecule has 1 aliphatic carbocycles. The van der Waals surface area contributed by atoms with Crippen molar-refractivity contribution < 1.29 is 9.59 Å². The van der Waals surface area contributed by atoms with Crippen molar-refractivity contribution in [2.75, 3.05) is 16.4 Å². The zero-order valence-corrected chi connectivity index (χ0v) is 16.0. The van der Waals surface area contributed by atoms with E-state index in [9.17, 15) is 9.59 Å². The van der Waals surface area contributed by atoms with Gasteiger partial charge in [-0.05, 0) is 55.5 Å². The van der Waals surface area contributed by atoms with Crippen LogP contribution in [0.4, 0.5) is 11.4 Å². The predicted molar refractivity (Wildman–Crippen MR) is 108 cm³/mol. The lowest BCUT2D eigenvalue weighted by molar-refractivity contribution is -0.117. The van der Waals surface area contributed by atoms with Crippen molar-refractivity contribution in [3.05, 3.63) is 53.6 Å². The lowest BCUT2D eigenvalue weighted by Crippen LogP contribution is -2.16. The summed E-state index contributed by atoms with van der Waals surface area (Å²) >= 11 is 1.47. The van der Waals surface area contributed by atoms with Crippen LogP contribution in [0, 0.1) is 12.8 Å². The summed E-state index contributed by atoms with van der Waals surface area (Å²) < 4.78 is 0. The molecule has 0 aliphatic heterocycles. The van der Waals surface area contributed by atoms with Crippen molar-refractivity contribution in [2.45, 2.75) is 38.0 Å². The van der Waals surface area contributed by atoms with Gasteiger partial charge in [-0.3, -0.25) is 9.59 Å². The zero-order chi connectivity index (χ0) is 18.5. The largest absolute Gasteiger partial charge is 0.326 e. The number of para-hydroxylation sites is 1. The van der Waals surface area contributed by atoms with Crippen LogP contribution in [0.1, 0.15) is 30.9 Å². The summed E-state index contributed by atoms with van der Waals surface area (Å²) in [7, 11) is 0. The Kier molecular flexibility index (Phi) is 5.99. The van der Waals surface area contributed by atoms with Crippen LogP contribution in [0.25, 0.3) is 0 Å². The Hall–Kier alpha value is -2.27. The van der Waals surface area contributed by atoms with E-state index in [1.807, 2.05) is 49.4 Å². The highest BCUT2D eigenvalue weighted by Crippen LogP contribution is 2.31. The van der Waals surface area contributed by atoms with Crippen LogP contribution >= 0.6 is 11.8 Å². The lowest BCUT2D eigenvalue weighted by atomic mass is 10.1. The van der Waals surface area contributed by atoms with E-state index in [-0.39, 0.29) is 17.7 Å². The summed E-state index contributed by atoms with van der Waals surface area (Å²) in [4.78, 5) is 25.2. The molecule has 0 heterocycles. The predicted octanol–water partition coefficient (Wildman–Crippen LogP) is 4.64. The number of carbonyl (C=O) groups excluding carboxylic acids is 2. The van der Waals surface area contributed by atoms with Gasteiger partial charge in [-0.25, -0.2) is 0 Å². The van der Waals surface area contributed by atoms with Gasteiger partial charge in [0.05, 0.1) is 5.75 Å². The number of thioether (sulfide) groups is 1. The molecule has 2 N–H and O–H groups in total. The molecule has 2 aromatic carbocycles. The van der Waals surface area contributed by atoms with Crippen LogP contribution in [-0.4, -0.2) is 17.6 Å². The molecule has 0 radical (unpaired) electrons. The van der Waals surface area contributed by atoms with Gasteiger partial charge in [-0.15, -0.1) is 11.8 Å². The summed E-state index contributed by atoms with van der Waals surface area (Å²) in [5.41, 5.74) is 3.94. The van der Waals surface area contributed by atoms with Gasteiger partial charge in [0.2, 0.25) is 11.8 Å². The number of benzene rings is 2. The number of nitrogens with one attached hydrogen (secondary N) is 2. The molecular weight excluding hydrogens is 344 g/mol. The van der Waals surface area contributed by atoms with Gasteiger partial charge in [0.15, 0.2) is 0 Å². The molecule has 0 saturated heterocycles. The highest BCUT2D eigenvalue weighted by atomic mass is 32.2. The monoisotopic (exact) mass is 368 g/mol. The second kappa shape index (κ2) is 8.41. The first-order valence-electron chi connectivity index (χ1n) is 8.99. The highest BCUT2D eigenvalue weighted by molar-refractivity contribution is 8.00. The molecule has 0 aromatic heterocycles. The molecular formula is C21H24N2O2S. The number of amides is 2. The van der Waals surface area contributed by atoms with Crippen LogP contribution in [-0.2, 0) is 16.0 Å². The fraction of sp³-hybridized carbons (Fsp3) is 0.333. The summed E-state index contributed by atoms with van der Waals surface area (Å²) in [5, 5.41) is 5.98. The molecule has 136 valence electrons. The summed E-state index contributed by atoms with van der Waals surface area (Å²) in [6.07, 6.45) is 2.85. The van der Waals surface area contributed by atoms with Crippen molar-refractivity contribution in [1.29, 1.82) is 0 Å². The second-order valence-electron chi connectivity index (χ2n) is 6.59. The van der Waals surface area contributed by atoms with Gasteiger partial charge in [-0.1, -0.05) is 31.2 Å². The van der Waals surface area contributed by atoms with Crippen molar-refractivity contribution in [3.63, 3.8) is 0 Å². The first kappa shape index (κ1) is 18.5. The third-order valence-corrected chi connectivity index (χ3v) is 5.42.